The Bertz CT molecular complexity index is 557. The number of rotatable bonds is 4. The van der Waals surface area contributed by atoms with Gasteiger partial charge in [-0.1, -0.05) is 25.5 Å². The molecule has 0 fully saturated rings. The molecule has 0 saturated heterocycles. The predicted molar refractivity (Wildman–Crippen MR) is 72.9 cm³/mol. The second kappa shape index (κ2) is 5.25. The van der Waals surface area contributed by atoms with Crippen molar-refractivity contribution >= 4 is 16.9 Å². The first kappa shape index (κ1) is 12.7. The van der Waals surface area contributed by atoms with Crippen LogP contribution >= 0.6 is 0 Å². The van der Waals surface area contributed by atoms with Gasteiger partial charge in [0.2, 0.25) is 0 Å². The Morgan fingerprint density at radius 3 is 2.78 bits per heavy atom. The second-order valence-electron chi connectivity index (χ2n) is 4.65. The van der Waals surface area contributed by atoms with Gasteiger partial charge >= 0.3 is 5.97 Å². The van der Waals surface area contributed by atoms with Crippen molar-refractivity contribution in [2.24, 2.45) is 0 Å². The number of para-hydroxylation sites is 1. The van der Waals surface area contributed by atoms with Crippen LogP contribution in [0, 0.1) is 0 Å². The van der Waals surface area contributed by atoms with Crippen molar-refractivity contribution in [3.8, 4) is 5.75 Å². The average Bonchev–Trinajstić information content (AvgIpc) is 2.68. The van der Waals surface area contributed by atoms with E-state index in [1.807, 2.05) is 24.4 Å². The third-order valence-corrected chi connectivity index (χ3v) is 3.14. The van der Waals surface area contributed by atoms with E-state index in [0.717, 1.165) is 23.7 Å². The van der Waals surface area contributed by atoms with Crippen molar-refractivity contribution in [1.29, 1.82) is 0 Å². The molecular formula is C15H19NO2. The molecule has 0 saturated carbocycles. The quantitative estimate of drug-likeness (QED) is 0.764. The molecule has 0 radical (unpaired) electrons. The van der Waals surface area contributed by atoms with Gasteiger partial charge in [-0.05, 0) is 25.5 Å². The summed E-state index contributed by atoms with van der Waals surface area (Å²) >= 11 is 0. The zero-order chi connectivity index (χ0) is 13.1. The van der Waals surface area contributed by atoms with Crippen LogP contribution in [0.1, 0.15) is 39.7 Å². The third-order valence-electron chi connectivity index (χ3n) is 3.14. The van der Waals surface area contributed by atoms with Gasteiger partial charge in [0.25, 0.3) is 0 Å². The molecule has 0 N–H and O–H groups in total. The molecule has 0 amide bonds. The van der Waals surface area contributed by atoms with Gasteiger partial charge in [0, 0.05) is 24.5 Å². The van der Waals surface area contributed by atoms with Crippen LogP contribution in [0.4, 0.5) is 0 Å². The lowest BCUT2D eigenvalue weighted by atomic mass is 10.2. The number of fused-ring (bicyclic) bond motifs is 1. The Hall–Kier alpha value is -1.77. The van der Waals surface area contributed by atoms with Gasteiger partial charge in [-0.25, -0.2) is 0 Å². The molecule has 3 nitrogen and oxygen atoms in total. The maximum absolute atomic E-state index is 11.1. The molecule has 3 heteroatoms. The largest absolute Gasteiger partial charge is 0.424 e. The summed E-state index contributed by atoms with van der Waals surface area (Å²) < 4.78 is 7.47. The van der Waals surface area contributed by atoms with E-state index in [0.29, 0.717) is 11.8 Å². The maximum atomic E-state index is 11.1. The first-order valence-electron chi connectivity index (χ1n) is 6.41. The van der Waals surface area contributed by atoms with Crippen LogP contribution in [-0.4, -0.2) is 10.5 Å². The van der Waals surface area contributed by atoms with E-state index in [1.54, 1.807) is 0 Å². The van der Waals surface area contributed by atoms with Crippen molar-refractivity contribution in [2.75, 3.05) is 0 Å². The fourth-order valence-corrected chi connectivity index (χ4v) is 2.33. The van der Waals surface area contributed by atoms with Crippen LogP contribution in [-0.2, 0) is 4.79 Å². The number of carbonyl (C=O) groups excluding carboxylic acids is 1. The number of esters is 1. The molecule has 0 aliphatic rings. The number of nitrogens with zero attached hydrogens (tertiary/aromatic N) is 1. The highest BCUT2D eigenvalue weighted by atomic mass is 16.5. The van der Waals surface area contributed by atoms with Gasteiger partial charge < -0.3 is 9.30 Å². The summed E-state index contributed by atoms with van der Waals surface area (Å²) in [7, 11) is 0. The zero-order valence-corrected chi connectivity index (χ0v) is 11.1. The third kappa shape index (κ3) is 2.40. The SMILES string of the molecule is CCCC(C)n1cc(OC(C)=O)c2ccccc21. The second-order valence-corrected chi connectivity index (χ2v) is 4.65. The van der Waals surface area contributed by atoms with Crippen LogP contribution in [0.2, 0.25) is 0 Å². The van der Waals surface area contributed by atoms with E-state index >= 15 is 0 Å². The van der Waals surface area contributed by atoms with Crippen molar-refractivity contribution in [2.45, 2.75) is 39.7 Å². The lowest BCUT2D eigenvalue weighted by molar-refractivity contribution is -0.131. The Balaban J connectivity index is 2.50. The molecular weight excluding hydrogens is 226 g/mol. The van der Waals surface area contributed by atoms with Crippen molar-refractivity contribution in [3.63, 3.8) is 0 Å². The minimum absolute atomic E-state index is 0.277. The van der Waals surface area contributed by atoms with Crippen LogP contribution in [0.25, 0.3) is 10.9 Å². The smallest absolute Gasteiger partial charge is 0.308 e. The highest BCUT2D eigenvalue weighted by Crippen LogP contribution is 2.31. The van der Waals surface area contributed by atoms with Crippen LogP contribution in [0.5, 0.6) is 5.75 Å². The average molecular weight is 245 g/mol. The van der Waals surface area contributed by atoms with Gasteiger partial charge in [0.15, 0.2) is 5.75 Å². The van der Waals surface area contributed by atoms with Gasteiger partial charge in [-0.3, -0.25) is 4.79 Å². The molecule has 0 aliphatic heterocycles. The number of benzene rings is 1. The molecule has 96 valence electrons. The Morgan fingerprint density at radius 2 is 2.11 bits per heavy atom. The summed E-state index contributed by atoms with van der Waals surface area (Å²) in [5.74, 6) is 0.377. The van der Waals surface area contributed by atoms with E-state index in [-0.39, 0.29) is 5.97 Å². The molecule has 1 heterocycles. The maximum Gasteiger partial charge on any atom is 0.308 e. The summed E-state index contributed by atoms with van der Waals surface area (Å²) in [6, 6.07) is 8.43. The topological polar surface area (TPSA) is 31.2 Å². The van der Waals surface area contributed by atoms with Gasteiger partial charge in [0.1, 0.15) is 0 Å². The van der Waals surface area contributed by atoms with Crippen molar-refractivity contribution < 1.29 is 9.53 Å². The first-order valence-corrected chi connectivity index (χ1v) is 6.41. The van der Waals surface area contributed by atoms with Crippen LogP contribution in [0.3, 0.4) is 0 Å². The lowest BCUT2D eigenvalue weighted by Crippen LogP contribution is -2.03. The van der Waals surface area contributed by atoms with E-state index in [9.17, 15) is 4.79 Å². The van der Waals surface area contributed by atoms with E-state index in [1.165, 1.54) is 6.92 Å². The molecule has 18 heavy (non-hydrogen) atoms. The standard InChI is InChI=1S/C15H19NO2/c1-4-7-11(2)16-10-15(18-12(3)17)13-8-5-6-9-14(13)16/h5-6,8-11H,4,7H2,1-3H3. The molecule has 1 unspecified atom stereocenters. The summed E-state index contributed by atoms with van der Waals surface area (Å²) in [4.78, 5) is 11.1. The zero-order valence-electron chi connectivity index (χ0n) is 11.1. The molecule has 0 aliphatic carbocycles. The van der Waals surface area contributed by atoms with E-state index in [4.69, 9.17) is 4.74 Å². The van der Waals surface area contributed by atoms with Gasteiger partial charge in [-0.15, -0.1) is 0 Å². The highest BCUT2D eigenvalue weighted by Gasteiger charge is 2.14. The monoisotopic (exact) mass is 245 g/mol. The van der Waals surface area contributed by atoms with Crippen LogP contribution in [0.15, 0.2) is 30.5 Å². The Kier molecular flexibility index (Phi) is 3.70. The fraction of sp³-hybridized carbons (Fsp3) is 0.400. The molecule has 2 rings (SSSR count). The normalized spacial score (nSPS) is 12.6. The van der Waals surface area contributed by atoms with Gasteiger partial charge in [0.05, 0.1) is 5.52 Å². The van der Waals surface area contributed by atoms with E-state index < -0.39 is 0 Å². The summed E-state index contributed by atoms with van der Waals surface area (Å²) in [6.07, 6.45) is 4.18. The molecule has 1 aromatic heterocycles. The highest BCUT2D eigenvalue weighted by molar-refractivity contribution is 5.89. The molecule has 2 aromatic rings. The molecule has 0 spiro atoms. The number of carbonyl (C=O) groups is 1. The summed E-state index contributed by atoms with van der Waals surface area (Å²) in [5, 5.41) is 0.996. The Morgan fingerprint density at radius 1 is 1.39 bits per heavy atom. The van der Waals surface area contributed by atoms with E-state index in [2.05, 4.69) is 24.5 Å². The molecule has 1 aromatic carbocycles. The number of hydrogen-bond donors (Lipinski definition) is 0. The fourth-order valence-electron chi connectivity index (χ4n) is 2.33. The molecule has 1 atom stereocenters. The number of ether oxygens (including phenoxy) is 1. The lowest BCUT2D eigenvalue weighted by Gasteiger charge is -2.13. The minimum Gasteiger partial charge on any atom is -0.424 e. The summed E-state index contributed by atoms with van der Waals surface area (Å²) in [5.41, 5.74) is 1.12. The van der Waals surface area contributed by atoms with Gasteiger partial charge in [-0.2, -0.15) is 0 Å². The number of hydrogen-bond acceptors (Lipinski definition) is 2. The Labute approximate surface area is 107 Å². The predicted octanol–water partition coefficient (Wildman–Crippen LogP) is 3.93. The van der Waals surface area contributed by atoms with Crippen LogP contribution < -0.4 is 4.74 Å². The summed E-state index contributed by atoms with van der Waals surface area (Å²) in [6.45, 7) is 5.80. The molecule has 0 bridgehead atoms. The first-order chi connectivity index (χ1) is 8.63. The number of aromatic nitrogens is 1. The minimum atomic E-state index is -0.277. The van der Waals surface area contributed by atoms with Crippen molar-refractivity contribution in [1.82, 2.24) is 4.57 Å². The van der Waals surface area contributed by atoms with Crippen molar-refractivity contribution in [3.05, 3.63) is 30.5 Å².